The van der Waals surface area contributed by atoms with Gasteiger partial charge in [0, 0.05) is 18.7 Å². The highest BCUT2D eigenvalue weighted by atomic mass is 32.3. The van der Waals surface area contributed by atoms with E-state index in [-0.39, 0.29) is 5.91 Å². The van der Waals surface area contributed by atoms with Crippen LogP contribution in [0, 0.1) is 0 Å². The quantitative estimate of drug-likeness (QED) is 0.785. The summed E-state index contributed by atoms with van der Waals surface area (Å²) >= 11 is 0. The molecule has 0 saturated carbocycles. The fourth-order valence-electron chi connectivity index (χ4n) is 1.42. The summed E-state index contributed by atoms with van der Waals surface area (Å²) in [6, 6.07) is 7.93. The van der Waals surface area contributed by atoms with Gasteiger partial charge in [-0.2, -0.15) is 0 Å². The molecule has 2 N–H and O–H groups in total. The van der Waals surface area contributed by atoms with E-state index in [1.54, 1.807) is 0 Å². The molecule has 0 aliphatic heterocycles. The van der Waals surface area contributed by atoms with Crippen LogP contribution < -0.4 is 10.6 Å². The van der Waals surface area contributed by atoms with Gasteiger partial charge in [-0.25, -0.2) is 10.0 Å². The second-order valence-electron chi connectivity index (χ2n) is 4.72. The van der Waals surface area contributed by atoms with E-state index in [1.165, 1.54) is 4.90 Å². The van der Waals surface area contributed by atoms with Gasteiger partial charge in [-0.05, 0) is 55.0 Å². The molecule has 96 valence electrons. The average molecular weight is 254 g/mol. The van der Waals surface area contributed by atoms with Gasteiger partial charge in [-0.1, -0.05) is 0 Å². The molecule has 0 fully saturated rings. The summed E-state index contributed by atoms with van der Waals surface area (Å²) in [5.74, 6) is -0.00397. The third-order valence-electron chi connectivity index (χ3n) is 2.48. The van der Waals surface area contributed by atoms with E-state index in [4.69, 9.17) is 0 Å². The number of likely N-dealkylation sites (N-methyl/N-ethyl adjacent to an activating group) is 1. The van der Waals surface area contributed by atoms with Crippen LogP contribution in [-0.2, 0) is 0 Å². The Morgan fingerprint density at radius 3 is 2.18 bits per heavy atom. The fraction of sp³-hybridized carbons (Fsp3) is 0.462. The van der Waals surface area contributed by atoms with Crippen molar-refractivity contribution in [2.45, 2.75) is 4.90 Å². The molecule has 1 aromatic carbocycles. The van der Waals surface area contributed by atoms with Crippen LogP contribution in [0.2, 0.25) is 0 Å². The number of nitrogens with one attached hydrogen (secondary N) is 2. The molecular formula is C13H22N2OS. The molecule has 0 aliphatic carbocycles. The lowest BCUT2D eigenvalue weighted by atomic mass is 10.2. The Bertz CT molecular complexity index is 368. The summed E-state index contributed by atoms with van der Waals surface area (Å²) in [5, 5.41) is 5.86. The smallest absolute Gasteiger partial charge is 0.251 e. The number of benzene rings is 1. The second-order valence-corrected chi connectivity index (χ2v) is 8.87. The predicted molar refractivity (Wildman–Crippen MR) is 76.3 cm³/mol. The van der Waals surface area contributed by atoms with Crippen LogP contribution in [0.5, 0.6) is 0 Å². The molecule has 1 rings (SSSR count). The van der Waals surface area contributed by atoms with Crippen molar-refractivity contribution in [2.24, 2.45) is 0 Å². The summed E-state index contributed by atoms with van der Waals surface area (Å²) < 4.78 is 0. The van der Waals surface area contributed by atoms with Crippen LogP contribution in [0.4, 0.5) is 0 Å². The van der Waals surface area contributed by atoms with Gasteiger partial charge in [0.1, 0.15) is 0 Å². The number of rotatable bonds is 5. The number of carbonyl (C=O) groups excluding carboxylic acids is 1. The minimum absolute atomic E-state index is 0.00397. The lowest BCUT2D eigenvalue weighted by molar-refractivity contribution is 0.0954. The molecule has 0 aromatic heterocycles. The highest BCUT2D eigenvalue weighted by Crippen LogP contribution is 2.44. The van der Waals surface area contributed by atoms with Crippen molar-refractivity contribution in [1.29, 1.82) is 0 Å². The zero-order chi connectivity index (χ0) is 12.9. The first kappa shape index (κ1) is 14.1. The highest BCUT2D eigenvalue weighted by molar-refractivity contribution is 8.32. The summed E-state index contributed by atoms with van der Waals surface area (Å²) in [4.78, 5) is 13.1. The van der Waals surface area contributed by atoms with Crippen molar-refractivity contribution in [3.05, 3.63) is 29.8 Å². The van der Waals surface area contributed by atoms with Gasteiger partial charge in [0.15, 0.2) is 0 Å². The Morgan fingerprint density at radius 1 is 1.12 bits per heavy atom. The molecule has 3 nitrogen and oxygen atoms in total. The summed E-state index contributed by atoms with van der Waals surface area (Å²) in [5.41, 5.74) is 0.730. The van der Waals surface area contributed by atoms with Crippen molar-refractivity contribution in [1.82, 2.24) is 10.6 Å². The van der Waals surface area contributed by atoms with Crippen LogP contribution in [0.3, 0.4) is 0 Å². The normalized spacial score (nSPS) is 12.2. The Kier molecular flexibility index (Phi) is 5.02. The standard InChI is InChI=1S/C13H22N2OS/c1-14-9-10-15-13(16)11-5-7-12(8-6-11)17(2,3)4/h5-8,14H,9-10H2,1-4H3,(H,15,16). The molecule has 0 bridgehead atoms. The maximum atomic E-state index is 11.7. The average Bonchev–Trinajstić information content (AvgIpc) is 2.28. The van der Waals surface area contributed by atoms with Crippen molar-refractivity contribution in [3.63, 3.8) is 0 Å². The Labute approximate surface area is 105 Å². The monoisotopic (exact) mass is 254 g/mol. The Hall–Kier alpha value is -1.00. The minimum atomic E-state index is -0.708. The fourth-order valence-corrected chi connectivity index (χ4v) is 2.37. The Balaban J connectivity index is 2.64. The van der Waals surface area contributed by atoms with Gasteiger partial charge in [0.2, 0.25) is 0 Å². The molecule has 4 heteroatoms. The second kappa shape index (κ2) is 6.07. The van der Waals surface area contributed by atoms with Crippen LogP contribution in [0.1, 0.15) is 10.4 Å². The van der Waals surface area contributed by atoms with Crippen LogP contribution in [0.15, 0.2) is 29.2 Å². The number of hydrogen-bond donors (Lipinski definition) is 2. The lowest BCUT2D eigenvalue weighted by Crippen LogP contribution is -2.30. The Morgan fingerprint density at radius 2 is 1.71 bits per heavy atom. The number of hydrogen-bond acceptors (Lipinski definition) is 2. The summed E-state index contributed by atoms with van der Waals surface area (Å²) in [6.45, 7) is 1.44. The van der Waals surface area contributed by atoms with Crippen molar-refractivity contribution >= 4 is 15.9 Å². The molecule has 17 heavy (non-hydrogen) atoms. The molecule has 0 saturated heterocycles. The third-order valence-corrected chi connectivity index (χ3v) is 4.17. The van der Waals surface area contributed by atoms with Gasteiger partial charge in [-0.15, -0.1) is 0 Å². The first-order valence-electron chi connectivity index (χ1n) is 5.66. The summed E-state index contributed by atoms with van der Waals surface area (Å²) in [6.07, 6.45) is 6.74. The van der Waals surface area contributed by atoms with Crippen molar-refractivity contribution in [2.75, 3.05) is 38.9 Å². The zero-order valence-electron chi connectivity index (χ0n) is 11.0. The first-order valence-corrected chi connectivity index (χ1v) is 8.52. The van der Waals surface area contributed by atoms with E-state index in [0.717, 1.165) is 12.1 Å². The lowest BCUT2D eigenvalue weighted by Gasteiger charge is -2.25. The van der Waals surface area contributed by atoms with Crippen molar-refractivity contribution in [3.8, 4) is 0 Å². The van der Waals surface area contributed by atoms with E-state index < -0.39 is 10.0 Å². The van der Waals surface area contributed by atoms with Crippen LogP contribution >= 0.6 is 10.0 Å². The molecule has 0 radical (unpaired) electrons. The van der Waals surface area contributed by atoms with E-state index in [9.17, 15) is 4.79 Å². The van der Waals surface area contributed by atoms with Gasteiger partial charge in [0.05, 0.1) is 0 Å². The van der Waals surface area contributed by atoms with E-state index in [1.807, 2.05) is 19.2 Å². The topological polar surface area (TPSA) is 41.1 Å². The largest absolute Gasteiger partial charge is 0.351 e. The van der Waals surface area contributed by atoms with Gasteiger partial charge < -0.3 is 10.6 Å². The molecule has 1 aromatic rings. The van der Waals surface area contributed by atoms with Crippen LogP contribution in [-0.4, -0.2) is 44.8 Å². The minimum Gasteiger partial charge on any atom is -0.351 e. The van der Waals surface area contributed by atoms with Crippen molar-refractivity contribution < 1.29 is 4.79 Å². The van der Waals surface area contributed by atoms with Gasteiger partial charge in [-0.3, -0.25) is 4.79 Å². The number of amides is 1. The van der Waals surface area contributed by atoms with E-state index in [2.05, 4.69) is 41.5 Å². The molecule has 0 aliphatic rings. The highest BCUT2D eigenvalue weighted by Gasteiger charge is 2.09. The zero-order valence-corrected chi connectivity index (χ0v) is 11.9. The van der Waals surface area contributed by atoms with E-state index in [0.29, 0.717) is 6.54 Å². The van der Waals surface area contributed by atoms with Crippen LogP contribution in [0.25, 0.3) is 0 Å². The van der Waals surface area contributed by atoms with Gasteiger partial charge >= 0.3 is 0 Å². The summed E-state index contributed by atoms with van der Waals surface area (Å²) in [7, 11) is 1.16. The molecular weight excluding hydrogens is 232 g/mol. The predicted octanol–water partition coefficient (Wildman–Crippen LogP) is 1.69. The maximum Gasteiger partial charge on any atom is 0.251 e. The molecule has 0 spiro atoms. The molecule has 0 unspecified atom stereocenters. The van der Waals surface area contributed by atoms with Gasteiger partial charge in [0.25, 0.3) is 5.91 Å². The third kappa shape index (κ3) is 4.40. The van der Waals surface area contributed by atoms with E-state index >= 15 is 0 Å². The first-order chi connectivity index (χ1) is 7.95. The maximum absolute atomic E-state index is 11.7. The molecule has 1 amide bonds. The molecule has 0 atom stereocenters. The SMILES string of the molecule is CNCCNC(=O)c1ccc(S(C)(C)C)cc1. The molecule has 0 heterocycles. The number of carbonyl (C=O) groups is 1.